The van der Waals surface area contributed by atoms with E-state index in [0.717, 1.165) is 27.4 Å². The second kappa shape index (κ2) is 6.17. The average molecular weight is 457 g/mol. The molecule has 1 fully saturated rings. The second-order valence-electron chi connectivity index (χ2n) is 10.8. The molecule has 35 heavy (non-hydrogen) atoms. The van der Waals surface area contributed by atoms with Gasteiger partial charge in [-0.15, -0.1) is 0 Å². The van der Waals surface area contributed by atoms with Crippen LogP contribution in [0.2, 0.25) is 0 Å². The van der Waals surface area contributed by atoms with Crippen molar-refractivity contribution in [1.29, 1.82) is 0 Å². The van der Waals surface area contributed by atoms with E-state index in [-0.39, 0.29) is 0 Å². The molecule has 1 aliphatic heterocycles. The highest BCUT2D eigenvalue weighted by Gasteiger charge is 2.52. The van der Waals surface area contributed by atoms with Crippen LogP contribution in [-0.2, 0) is 9.31 Å². The summed E-state index contributed by atoms with van der Waals surface area (Å²) in [5.74, 6) is 0. The Kier molecular flexibility index (Phi) is 3.48. The summed E-state index contributed by atoms with van der Waals surface area (Å²) in [5, 5.41) is 7.19. The summed E-state index contributed by atoms with van der Waals surface area (Å²) in [5.41, 5.74) is 5.43. The molecule has 0 amide bonds. The van der Waals surface area contributed by atoms with Crippen molar-refractivity contribution >= 4 is 72.6 Å². The Morgan fingerprint density at radius 3 is 2.06 bits per heavy atom. The first kappa shape index (κ1) is 19.7. The van der Waals surface area contributed by atoms with E-state index in [0.29, 0.717) is 0 Å². The van der Waals surface area contributed by atoms with E-state index in [9.17, 15) is 0 Å². The Hall–Kier alpha value is -3.54. The fourth-order valence-electron chi connectivity index (χ4n) is 5.96. The van der Waals surface area contributed by atoms with Crippen LogP contribution in [0.4, 0.5) is 0 Å². The van der Waals surface area contributed by atoms with Gasteiger partial charge in [0.15, 0.2) is 0 Å². The van der Waals surface area contributed by atoms with Crippen molar-refractivity contribution in [2.45, 2.75) is 38.9 Å². The summed E-state index contributed by atoms with van der Waals surface area (Å²) >= 11 is 0. The van der Waals surface area contributed by atoms with E-state index in [4.69, 9.17) is 13.7 Å². The van der Waals surface area contributed by atoms with Gasteiger partial charge in [0.2, 0.25) is 0 Å². The topological polar surface area (TPSA) is 36.0 Å². The summed E-state index contributed by atoms with van der Waals surface area (Å²) in [7, 11) is -0.510. The molecule has 0 radical (unpaired) electrons. The monoisotopic (exact) mass is 457 g/mol. The Morgan fingerprint density at radius 2 is 1.29 bits per heavy atom. The van der Waals surface area contributed by atoms with Crippen molar-refractivity contribution in [3.8, 4) is 0 Å². The van der Waals surface area contributed by atoms with E-state index < -0.39 is 18.3 Å². The SMILES string of the molecule is CC1(C)OB(c2cc3c4cccc5c6ccccc6n(c54)c3c3c2oc2ccccc23)OC1(C)C. The maximum Gasteiger partial charge on any atom is 0.498 e. The zero-order chi connectivity index (χ0) is 23.7. The van der Waals surface area contributed by atoms with Crippen LogP contribution in [0.3, 0.4) is 0 Å². The molecule has 3 aromatic heterocycles. The molecule has 0 spiro atoms. The maximum absolute atomic E-state index is 6.57. The number of hydrogen-bond acceptors (Lipinski definition) is 3. The van der Waals surface area contributed by atoms with Crippen LogP contribution in [-0.4, -0.2) is 22.7 Å². The lowest BCUT2D eigenvalue weighted by Gasteiger charge is -2.32. The molecular formula is C30H24BNO3. The summed E-state index contributed by atoms with van der Waals surface area (Å²) in [6.07, 6.45) is 0. The van der Waals surface area contributed by atoms with Crippen LogP contribution >= 0.6 is 0 Å². The summed E-state index contributed by atoms with van der Waals surface area (Å²) in [4.78, 5) is 0. The number of nitrogens with zero attached hydrogens (tertiary/aromatic N) is 1. The summed E-state index contributed by atoms with van der Waals surface area (Å²) in [6.45, 7) is 8.37. The number of furan rings is 1. The van der Waals surface area contributed by atoms with Gasteiger partial charge in [0.25, 0.3) is 0 Å². The van der Waals surface area contributed by atoms with Crippen molar-refractivity contribution in [2.75, 3.05) is 0 Å². The van der Waals surface area contributed by atoms with Crippen molar-refractivity contribution < 1.29 is 13.7 Å². The van der Waals surface area contributed by atoms with Gasteiger partial charge in [-0.1, -0.05) is 54.6 Å². The smallest absolute Gasteiger partial charge is 0.456 e. The molecule has 0 unspecified atom stereocenters. The van der Waals surface area contributed by atoms with Gasteiger partial charge in [0.1, 0.15) is 11.2 Å². The van der Waals surface area contributed by atoms with Crippen LogP contribution < -0.4 is 5.46 Å². The average Bonchev–Trinajstić information content (AvgIpc) is 3.53. The molecule has 8 rings (SSSR count). The van der Waals surface area contributed by atoms with E-state index in [1.807, 2.05) is 12.1 Å². The first-order chi connectivity index (χ1) is 16.9. The minimum absolute atomic E-state index is 0.434. The largest absolute Gasteiger partial charge is 0.498 e. The summed E-state index contributed by atoms with van der Waals surface area (Å²) in [6, 6.07) is 25.8. The highest BCUT2D eigenvalue weighted by atomic mass is 16.7. The standard InChI is InChI=1S/C30H24BNO3/c1-29(2)30(3,4)35-31(34-29)22-16-21-19-13-9-12-18-17-10-5-7-14-23(17)32(26(18)19)27(21)25-20-11-6-8-15-24(20)33-28(22)25/h5-16H,1-4H3. The normalized spacial score (nSPS) is 17.9. The van der Waals surface area contributed by atoms with E-state index in [1.165, 1.54) is 38.1 Å². The molecule has 4 nitrogen and oxygen atoms in total. The zero-order valence-electron chi connectivity index (χ0n) is 20.2. The van der Waals surface area contributed by atoms with E-state index >= 15 is 0 Å². The van der Waals surface area contributed by atoms with Crippen LogP contribution in [0.25, 0.3) is 60.0 Å². The third kappa shape index (κ3) is 2.31. The number of fused-ring (bicyclic) bond motifs is 10. The van der Waals surface area contributed by atoms with Gasteiger partial charge in [0.05, 0.1) is 33.1 Å². The van der Waals surface area contributed by atoms with Crippen molar-refractivity contribution in [1.82, 2.24) is 4.40 Å². The Labute approximate surface area is 202 Å². The van der Waals surface area contributed by atoms with Gasteiger partial charge in [-0.2, -0.15) is 0 Å². The van der Waals surface area contributed by atoms with Crippen LogP contribution in [0.15, 0.2) is 77.2 Å². The van der Waals surface area contributed by atoms with Gasteiger partial charge in [-0.25, -0.2) is 0 Å². The van der Waals surface area contributed by atoms with Crippen molar-refractivity contribution in [2.24, 2.45) is 0 Å². The van der Waals surface area contributed by atoms with E-state index in [1.54, 1.807) is 0 Å². The third-order valence-corrected chi connectivity index (χ3v) is 8.37. The number of benzene rings is 4. The molecular weight excluding hydrogens is 433 g/mol. The van der Waals surface area contributed by atoms with Gasteiger partial charge in [0, 0.05) is 32.4 Å². The van der Waals surface area contributed by atoms with Crippen LogP contribution in [0, 0.1) is 0 Å². The molecule has 0 N–H and O–H groups in total. The molecule has 0 saturated carbocycles. The minimum atomic E-state index is -0.510. The lowest BCUT2D eigenvalue weighted by Crippen LogP contribution is -2.41. The van der Waals surface area contributed by atoms with Gasteiger partial charge >= 0.3 is 7.12 Å². The summed E-state index contributed by atoms with van der Waals surface area (Å²) < 4.78 is 22.0. The van der Waals surface area contributed by atoms with Gasteiger partial charge in [-0.3, -0.25) is 0 Å². The highest BCUT2D eigenvalue weighted by molar-refractivity contribution is 6.66. The lowest BCUT2D eigenvalue weighted by molar-refractivity contribution is 0.00578. The third-order valence-electron chi connectivity index (χ3n) is 8.37. The molecule has 1 aliphatic rings. The quantitative estimate of drug-likeness (QED) is 0.248. The molecule has 0 bridgehead atoms. The predicted octanol–water partition coefficient (Wildman–Crippen LogP) is 7.04. The van der Waals surface area contributed by atoms with Crippen molar-refractivity contribution in [3.05, 3.63) is 72.8 Å². The highest BCUT2D eigenvalue weighted by Crippen LogP contribution is 2.44. The molecule has 170 valence electrons. The first-order valence-electron chi connectivity index (χ1n) is 12.2. The fraction of sp³-hybridized carbons (Fsp3) is 0.200. The number of rotatable bonds is 1. The fourth-order valence-corrected chi connectivity index (χ4v) is 5.96. The molecule has 0 aliphatic carbocycles. The molecule has 0 atom stereocenters. The minimum Gasteiger partial charge on any atom is -0.456 e. The zero-order valence-corrected chi connectivity index (χ0v) is 20.2. The van der Waals surface area contributed by atoms with Crippen molar-refractivity contribution in [3.63, 3.8) is 0 Å². The second-order valence-corrected chi connectivity index (χ2v) is 10.8. The molecule has 4 aromatic carbocycles. The van der Waals surface area contributed by atoms with Crippen LogP contribution in [0.5, 0.6) is 0 Å². The van der Waals surface area contributed by atoms with Gasteiger partial charge < -0.3 is 18.1 Å². The number of aromatic nitrogens is 1. The molecule has 4 heterocycles. The maximum atomic E-state index is 6.57. The molecule has 7 aromatic rings. The predicted molar refractivity (Wildman–Crippen MR) is 144 cm³/mol. The number of hydrogen-bond donors (Lipinski definition) is 0. The van der Waals surface area contributed by atoms with Gasteiger partial charge in [-0.05, 0) is 45.9 Å². The Balaban J connectivity index is 1.62. The number of para-hydroxylation sites is 3. The Morgan fingerprint density at radius 1 is 0.657 bits per heavy atom. The van der Waals surface area contributed by atoms with E-state index in [2.05, 4.69) is 92.8 Å². The lowest BCUT2D eigenvalue weighted by atomic mass is 9.77. The molecule has 5 heteroatoms. The first-order valence-corrected chi connectivity index (χ1v) is 12.2. The molecule has 1 saturated heterocycles. The Bertz CT molecular complexity index is 1960. The van der Waals surface area contributed by atoms with Crippen LogP contribution in [0.1, 0.15) is 27.7 Å².